The first-order valence-corrected chi connectivity index (χ1v) is 9.83. The van der Waals surface area contributed by atoms with Gasteiger partial charge in [0.25, 0.3) is 5.91 Å². The number of hydrogen-bond acceptors (Lipinski definition) is 7. The van der Waals surface area contributed by atoms with Gasteiger partial charge in [-0.25, -0.2) is 0 Å². The van der Waals surface area contributed by atoms with E-state index in [1.807, 2.05) is 11.0 Å². The number of aryl methyl sites for hydroxylation is 1. The van der Waals surface area contributed by atoms with Crippen molar-refractivity contribution in [1.82, 2.24) is 20.1 Å². The maximum atomic E-state index is 12.7. The number of anilines is 1. The van der Waals surface area contributed by atoms with E-state index in [1.54, 1.807) is 42.2 Å². The topological polar surface area (TPSA) is 105 Å². The van der Waals surface area contributed by atoms with Crippen LogP contribution in [0.2, 0.25) is 5.02 Å². The van der Waals surface area contributed by atoms with Gasteiger partial charge in [0.1, 0.15) is 5.76 Å². The van der Waals surface area contributed by atoms with Crippen molar-refractivity contribution in [2.24, 2.45) is 0 Å². The summed E-state index contributed by atoms with van der Waals surface area (Å²) in [6.07, 6.45) is 0. The Bertz CT molecular complexity index is 1050. The normalized spacial score (nSPS) is 14.7. The minimum atomic E-state index is -0.200. The Morgan fingerprint density at radius 3 is 2.60 bits per heavy atom. The van der Waals surface area contributed by atoms with Crippen molar-refractivity contribution >= 4 is 29.2 Å². The first-order valence-electron chi connectivity index (χ1n) is 9.45. The lowest BCUT2D eigenvalue weighted by Gasteiger charge is -2.33. The summed E-state index contributed by atoms with van der Waals surface area (Å²) in [4.78, 5) is 28.6. The summed E-state index contributed by atoms with van der Waals surface area (Å²) in [7, 11) is 0. The van der Waals surface area contributed by atoms with Crippen LogP contribution in [-0.4, -0.2) is 64.7 Å². The fraction of sp³-hybridized carbons (Fsp3) is 0.300. The van der Waals surface area contributed by atoms with Gasteiger partial charge in [-0.15, -0.1) is 0 Å². The van der Waals surface area contributed by atoms with Gasteiger partial charge in [0, 0.05) is 48.9 Å². The SMILES string of the molecule is Cc1cc(NC(=O)CN2CCN(C(=O)c3cc(-c4cccc(Cl)c4)on3)CC2)no1. The van der Waals surface area contributed by atoms with Gasteiger partial charge in [-0.05, 0) is 19.1 Å². The Kier molecular flexibility index (Phi) is 5.82. The number of nitrogens with zero attached hydrogens (tertiary/aromatic N) is 4. The van der Waals surface area contributed by atoms with E-state index in [4.69, 9.17) is 20.6 Å². The van der Waals surface area contributed by atoms with E-state index >= 15 is 0 Å². The van der Waals surface area contributed by atoms with Crippen LogP contribution in [0.3, 0.4) is 0 Å². The van der Waals surface area contributed by atoms with Gasteiger partial charge in [-0.1, -0.05) is 34.0 Å². The van der Waals surface area contributed by atoms with Crippen LogP contribution in [0.5, 0.6) is 0 Å². The van der Waals surface area contributed by atoms with Crippen LogP contribution in [0.15, 0.2) is 45.4 Å². The smallest absolute Gasteiger partial charge is 0.276 e. The predicted octanol–water partition coefficient (Wildman–Crippen LogP) is 2.69. The van der Waals surface area contributed by atoms with Crippen molar-refractivity contribution in [3.05, 3.63) is 52.9 Å². The molecule has 1 N–H and O–H groups in total. The molecule has 0 spiro atoms. The zero-order chi connectivity index (χ0) is 21.1. The maximum absolute atomic E-state index is 12.7. The number of hydrogen-bond donors (Lipinski definition) is 1. The number of nitrogens with one attached hydrogen (secondary N) is 1. The van der Waals surface area contributed by atoms with E-state index in [0.29, 0.717) is 48.5 Å². The molecule has 1 fully saturated rings. The predicted molar refractivity (Wildman–Crippen MR) is 109 cm³/mol. The maximum Gasteiger partial charge on any atom is 0.276 e. The summed E-state index contributed by atoms with van der Waals surface area (Å²) >= 11 is 6.00. The van der Waals surface area contributed by atoms with Gasteiger partial charge in [0.2, 0.25) is 5.91 Å². The lowest BCUT2D eigenvalue weighted by Crippen LogP contribution is -2.50. The molecule has 2 amide bonds. The lowest BCUT2D eigenvalue weighted by molar-refractivity contribution is -0.117. The molecule has 9 nitrogen and oxygen atoms in total. The average Bonchev–Trinajstić information content (AvgIpc) is 3.37. The van der Waals surface area contributed by atoms with E-state index in [-0.39, 0.29) is 24.1 Å². The summed E-state index contributed by atoms with van der Waals surface area (Å²) in [5.74, 6) is 1.14. The minimum Gasteiger partial charge on any atom is -0.360 e. The Labute approximate surface area is 177 Å². The molecule has 10 heteroatoms. The highest BCUT2D eigenvalue weighted by atomic mass is 35.5. The lowest BCUT2D eigenvalue weighted by atomic mass is 10.1. The van der Waals surface area contributed by atoms with Gasteiger partial charge in [0.05, 0.1) is 6.54 Å². The molecule has 0 atom stereocenters. The molecule has 0 aliphatic carbocycles. The number of carbonyl (C=O) groups is 2. The largest absolute Gasteiger partial charge is 0.360 e. The standard InChI is InChI=1S/C20H20ClN5O4/c1-13-9-18(24-29-13)22-19(27)12-25-5-7-26(8-6-25)20(28)16-11-17(30-23-16)14-3-2-4-15(21)10-14/h2-4,9-11H,5-8,12H2,1H3,(H,22,24,27). The molecule has 156 valence electrons. The average molecular weight is 430 g/mol. The fourth-order valence-electron chi connectivity index (χ4n) is 3.24. The summed E-state index contributed by atoms with van der Waals surface area (Å²) in [6, 6.07) is 10.4. The molecule has 0 saturated carbocycles. The molecular formula is C20H20ClN5O4. The fourth-order valence-corrected chi connectivity index (χ4v) is 3.43. The second kappa shape index (κ2) is 8.68. The summed E-state index contributed by atoms with van der Waals surface area (Å²) in [6.45, 7) is 4.12. The number of aromatic nitrogens is 2. The summed E-state index contributed by atoms with van der Waals surface area (Å²) < 4.78 is 10.2. The molecule has 4 rings (SSSR count). The van der Waals surface area contributed by atoms with E-state index in [9.17, 15) is 9.59 Å². The first-order chi connectivity index (χ1) is 14.5. The quantitative estimate of drug-likeness (QED) is 0.664. The number of carbonyl (C=O) groups excluding carboxylic acids is 2. The van der Waals surface area contributed by atoms with Gasteiger partial charge in [-0.2, -0.15) is 0 Å². The van der Waals surface area contributed by atoms with E-state index < -0.39 is 0 Å². The second-order valence-electron chi connectivity index (χ2n) is 7.03. The van der Waals surface area contributed by atoms with Crippen molar-refractivity contribution < 1.29 is 18.6 Å². The zero-order valence-corrected chi connectivity index (χ0v) is 17.1. The monoisotopic (exact) mass is 429 g/mol. The third-order valence-electron chi connectivity index (χ3n) is 4.76. The highest BCUT2D eigenvalue weighted by molar-refractivity contribution is 6.30. The summed E-state index contributed by atoms with van der Waals surface area (Å²) in [5.41, 5.74) is 1.00. The van der Waals surface area contributed by atoms with Crippen LogP contribution >= 0.6 is 11.6 Å². The van der Waals surface area contributed by atoms with Crippen LogP contribution in [0.4, 0.5) is 5.82 Å². The zero-order valence-electron chi connectivity index (χ0n) is 16.3. The van der Waals surface area contributed by atoms with Crippen LogP contribution < -0.4 is 5.32 Å². The van der Waals surface area contributed by atoms with E-state index in [2.05, 4.69) is 15.6 Å². The molecule has 3 aromatic rings. The third kappa shape index (κ3) is 4.69. The first kappa shape index (κ1) is 20.1. The molecule has 1 aromatic carbocycles. The molecule has 1 aliphatic rings. The number of halogens is 1. The van der Waals surface area contributed by atoms with E-state index in [0.717, 1.165) is 5.56 Å². The molecule has 0 radical (unpaired) electrons. The molecular weight excluding hydrogens is 410 g/mol. The van der Waals surface area contributed by atoms with Gasteiger partial charge in [0.15, 0.2) is 17.3 Å². The second-order valence-corrected chi connectivity index (χ2v) is 7.46. The van der Waals surface area contributed by atoms with Crippen LogP contribution in [-0.2, 0) is 4.79 Å². The number of benzene rings is 1. The molecule has 0 unspecified atom stereocenters. The van der Waals surface area contributed by atoms with Crippen LogP contribution in [0, 0.1) is 6.92 Å². The summed E-state index contributed by atoms with van der Waals surface area (Å²) in [5, 5.41) is 10.9. The Hall–Kier alpha value is -3.17. The highest BCUT2D eigenvalue weighted by Crippen LogP contribution is 2.24. The van der Waals surface area contributed by atoms with Crippen molar-refractivity contribution in [3.8, 4) is 11.3 Å². The number of rotatable bonds is 5. The van der Waals surface area contributed by atoms with Crippen LogP contribution in [0.1, 0.15) is 16.2 Å². The van der Waals surface area contributed by atoms with Crippen molar-refractivity contribution in [2.45, 2.75) is 6.92 Å². The Morgan fingerprint density at radius 2 is 1.90 bits per heavy atom. The number of piperazine rings is 1. The van der Waals surface area contributed by atoms with Gasteiger partial charge >= 0.3 is 0 Å². The molecule has 1 saturated heterocycles. The van der Waals surface area contributed by atoms with Crippen molar-refractivity contribution in [2.75, 3.05) is 38.0 Å². The van der Waals surface area contributed by atoms with Crippen molar-refractivity contribution in [1.29, 1.82) is 0 Å². The van der Waals surface area contributed by atoms with Gasteiger partial charge < -0.3 is 19.3 Å². The van der Waals surface area contributed by atoms with Gasteiger partial charge in [-0.3, -0.25) is 14.5 Å². The highest BCUT2D eigenvalue weighted by Gasteiger charge is 2.25. The van der Waals surface area contributed by atoms with E-state index in [1.165, 1.54) is 0 Å². The van der Waals surface area contributed by atoms with Crippen LogP contribution in [0.25, 0.3) is 11.3 Å². The Balaban J connectivity index is 1.30. The van der Waals surface area contributed by atoms with Crippen molar-refractivity contribution in [3.63, 3.8) is 0 Å². The molecule has 0 bridgehead atoms. The number of amides is 2. The molecule has 30 heavy (non-hydrogen) atoms. The molecule has 2 aromatic heterocycles. The molecule has 3 heterocycles. The minimum absolute atomic E-state index is 0.175. The molecule has 1 aliphatic heterocycles. The third-order valence-corrected chi connectivity index (χ3v) is 5.00. The Morgan fingerprint density at radius 1 is 1.10 bits per heavy atom.